The number of nitrogens with zero attached hydrogens (tertiary/aromatic N) is 3. The SMILES string of the molecule is CCC[NH+]1CCC(NC(=O)CSc2nnc(-c3ccco3)n2CC)CC1. The minimum Gasteiger partial charge on any atom is -0.461 e. The fraction of sp³-hybridized carbons (Fsp3) is 0.611. The highest BCUT2D eigenvalue weighted by Crippen LogP contribution is 2.24. The van der Waals surface area contributed by atoms with Gasteiger partial charge in [0.1, 0.15) is 0 Å². The molecule has 142 valence electrons. The summed E-state index contributed by atoms with van der Waals surface area (Å²) in [5.41, 5.74) is 0. The molecule has 3 heterocycles. The first-order valence-corrected chi connectivity index (χ1v) is 10.4. The Morgan fingerprint density at radius 2 is 2.19 bits per heavy atom. The number of hydrogen-bond acceptors (Lipinski definition) is 5. The number of nitrogens with one attached hydrogen (secondary N) is 2. The van der Waals surface area contributed by atoms with Crippen LogP contribution in [0.3, 0.4) is 0 Å². The van der Waals surface area contributed by atoms with Crippen LogP contribution in [-0.4, -0.2) is 52.1 Å². The first kappa shape index (κ1) is 19.0. The molecule has 0 aliphatic carbocycles. The van der Waals surface area contributed by atoms with Gasteiger partial charge in [0.25, 0.3) is 0 Å². The number of rotatable bonds is 8. The molecule has 1 aliphatic rings. The van der Waals surface area contributed by atoms with E-state index in [1.807, 2.05) is 23.6 Å². The first-order valence-electron chi connectivity index (χ1n) is 9.44. The van der Waals surface area contributed by atoms with Crippen molar-refractivity contribution < 1.29 is 14.1 Å². The monoisotopic (exact) mass is 378 g/mol. The average Bonchev–Trinajstić information content (AvgIpc) is 3.31. The van der Waals surface area contributed by atoms with Crippen LogP contribution in [0.5, 0.6) is 0 Å². The smallest absolute Gasteiger partial charge is 0.230 e. The minimum atomic E-state index is 0.0733. The number of quaternary nitrogens is 1. The van der Waals surface area contributed by atoms with E-state index >= 15 is 0 Å². The van der Waals surface area contributed by atoms with Crippen molar-refractivity contribution in [2.24, 2.45) is 0 Å². The van der Waals surface area contributed by atoms with Crippen molar-refractivity contribution in [1.82, 2.24) is 20.1 Å². The molecule has 8 heteroatoms. The van der Waals surface area contributed by atoms with Crippen LogP contribution in [0.1, 0.15) is 33.1 Å². The molecule has 0 atom stereocenters. The van der Waals surface area contributed by atoms with E-state index in [0.29, 0.717) is 23.4 Å². The largest absolute Gasteiger partial charge is 0.461 e. The summed E-state index contributed by atoms with van der Waals surface area (Å²) in [6.07, 6.45) is 4.98. The first-order chi connectivity index (χ1) is 12.7. The summed E-state index contributed by atoms with van der Waals surface area (Å²) in [4.78, 5) is 14.0. The third-order valence-electron chi connectivity index (χ3n) is 4.77. The molecule has 2 aromatic heterocycles. The standard InChI is InChI=1S/C18H27N5O2S/c1-3-9-22-10-7-14(8-11-22)19-16(24)13-26-18-21-20-17(23(18)4-2)15-6-5-12-25-15/h5-6,12,14H,3-4,7-11,13H2,1-2H3,(H,19,24)/p+1. The lowest BCUT2D eigenvalue weighted by Crippen LogP contribution is -3.13. The van der Waals surface area contributed by atoms with E-state index in [0.717, 1.165) is 37.6 Å². The van der Waals surface area contributed by atoms with Gasteiger partial charge >= 0.3 is 0 Å². The third kappa shape index (κ3) is 4.67. The molecule has 1 saturated heterocycles. The Morgan fingerprint density at radius 1 is 1.38 bits per heavy atom. The van der Waals surface area contributed by atoms with Gasteiger partial charge in [-0.2, -0.15) is 0 Å². The van der Waals surface area contributed by atoms with Crippen LogP contribution in [0.4, 0.5) is 0 Å². The molecule has 2 aromatic rings. The summed E-state index contributed by atoms with van der Waals surface area (Å²) in [6, 6.07) is 4.01. The van der Waals surface area contributed by atoms with Gasteiger partial charge < -0.3 is 14.6 Å². The number of piperidine rings is 1. The van der Waals surface area contributed by atoms with E-state index in [-0.39, 0.29) is 5.91 Å². The van der Waals surface area contributed by atoms with Gasteiger partial charge in [0.2, 0.25) is 5.91 Å². The predicted molar refractivity (Wildman–Crippen MR) is 101 cm³/mol. The Labute approximate surface area is 158 Å². The van der Waals surface area contributed by atoms with Crippen LogP contribution >= 0.6 is 11.8 Å². The van der Waals surface area contributed by atoms with Gasteiger partial charge in [0.05, 0.1) is 31.7 Å². The second-order valence-electron chi connectivity index (χ2n) is 6.66. The lowest BCUT2D eigenvalue weighted by Gasteiger charge is -2.29. The van der Waals surface area contributed by atoms with E-state index in [2.05, 4.69) is 22.4 Å². The number of thioether (sulfide) groups is 1. The van der Waals surface area contributed by atoms with Crippen LogP contribution in [-0.2, 0) is 11.3 Å². The van der Waals surface area contributed by atoms with Crippen molar-refractivity contribution in [2.75, 3.05) is 25.4 Å². The van der Waals surface area contributed by atoms with Gasteiger partial charge in [-0.15, -0.1) is 10.2 Å². The minimum absolute atomic E-state index is 0.0733. The fourth-order valence-electron chi connectivity index (χ4n) is 3.44. The molecule has 1 fully saturated rings. The Kier molecular flexibility index (Phi) is 6.73. The second-order valence-corrected chi connectivity index (χ2v) is 7.60. The number of hydrogen-bond donors (Lipinski definition) is 2. The molecule has 0 radical (unpaired) electrons. The highest BCUT2D eigenvalue weighted by molar-refractivity contribution is 7.99. The molecule has 7 nitrogen and oxygen atoms in total. The predicted octanol–water partition coefficient (Wildman–Crippen LogP) is 1.22. The molecule has 0 unspecified atom stereocenters. The number of furan rings is 1. The maximum Gasteiger partial charge on any atom is 0.230 e. The van der Waals surface area contributed by atoms with Gasteiger partial charge in [0, 0.05) is 25.4 Å². The van der Waals surface area contributed by atoms with Gasteiger partial charge in [-0.25, -0.2) is 0 Å². The summed E-state index contributed by atoms with van der Waals surface area (Å²) < 4.78 is 7.39. The van der Waals surface area contributed by atoms with Crippen LogP contribution in [0.25, 0.3) is 11.6 Å². The maximum absolute atomic E-state index is 12.3. The van der Waals surface area contributed by atoms with E-state index in [4.69, 9.17) is 4.42 Å². The number of amides is 1. The Morgan fingerprint density at radius 3 is 2.85 bits per heavy atom. The zero-order valence-corrected chi connectivity index (χ0v) is 16.3. The topological polar surface area (TPSA) is 77.4 Å². The normalized spacial score (nSPS) is 20.2. The summed E-state index contributed by atoms with van der Waals surface area (Å²) in [5.74, 6) is 1.83. The third-order valence-corrected chi connectivity index (χ3v) is 5.74. The molecule has 0 aromatic carbocycles. The van der Waals surface area contributed by atoms with Crippen LogP contribution in [0, 0.1) is 0 Å². The Balaban J connectivity index is 1.49. The molecule has 0 saturated carbocycles. The Bertz CT molecular complexity index is 693. The van der Waals surface area contributed by atoms with Crippen LogP contribution in [0.2, 0.25) is 0 Å². The lowest BCUT2D eigenvalue weighted by atomic mass is 10.1. The molecule has 1 amide bonds. The quantitative estimate of drug-likeness (QED) is 0.676. The summed E-state index contributed by atoms with van der Waals surface area (Å²) >= 11 is 1.43. The number of carbonyl (C=O) groups excluding carboxylic acids is 1. The number of aromatic nitrogens is 3. The van der Waals surface area contributed by atoms with E-state index in [9.17, 15) is 4.79 Å². The second kappa shape index (κ2) is 9.23. The summed E-state index contributed by atoms with van der Waals surface area (Å²) in [5, 5.41) is 12.4. The van der Waals surface area contributed by atoms with Crippen molar-refractivity contribution in [3.8, 4) is 11.6 Å². The van der Waals surface area contributed by atoms with Crippen molar-refractivity contribution in [1.29, 1.82) is 0 Å². The van der Waals surface area contributed by atoms with Crippen molar-refractivity contribution in [2.45, 2.75) is 50.9 Å². The van der Waals surface area contributed by atoms with Crippen molar-refractivity contribution >= 4 is 17.7 Å². The van der Waals surface area contributed by atoms with E-state index in [1.165, 1.54) is 24.7 Å². The maximum atomic E-state index is 12.3. The molecule has 0 spiro atoms. The zero-order chi connectivity index (χ0) is 18.4. The highest BCUT2D eigenvalue weighted by atomic mass is 32.2. The van der Waals surface area contributed by atoms with Crippen LogP contribution < -0.4 is 10.2 Å². The number of carbonyl (C=O) groups is 1. The van der Waals surface area contributed by atoms with Crippen LogP contribution in [0.15, 0.2) is 28.0 Å². The van der Waals surface area contributed by atoms with Crippen molar-refractivity contribution in [3.63, 3.8) is 0 Å². The van der Waals surface area contributed by atoms with Gasteiger partial charge in [-0.3, -0.25) is 9.36 Å². The molecular weight excluding hydrogens is 350 g/mol. The zero-order valence-electron chi connectivity index (χ0n) is 15.5. The molecule has 3 rings (SSSR count). The molecule has 1 aliphatic heterocycles. The highest BCUT2D eigenvalue weighted by Gasteiger charge is 2.23. The molecular formula is C18H28N5O2S+. The van der Waals surface area contributed by atoms with E-state index in [1.54, 1.807) is 11.2 Å². The van der Waals surface area contributed by atoms with Gasteiger partial charge in [0.15, 0.2) is 16.7 Å². The molecule has 26 heavy (non-hydrogen) atoms. The summed E-state index contributed by atoms with van der Waals surface area (Å²) in [6.45, 7) is 8.54. The molecule has 2 N–H and O–H groups in total. The lowest BCUT2D eigenvalue weighted by molar-refractivity contribution is -0.905. The molecule has 0 bridgehead atoms. The summed E-state index contributed by atoms with van der Waals surface area (Å²) in [7, 11) is 0. The number of likely N-dealkylation sites (tertiary alicyclic amines) is 1. The Hall–Kier alpha value is -1.80. The average molecular weight is 379 g/mol. The van der Waals surface area contributed by atoms with Crippen molar-refractivity contribution in [3.05, 3.63) is 18.4 Å². The van der Waals surface area contributed by atoms with Gasteiger partial charge in [-0.05, 0) is 25.5 Å². The van der Waals surface area contributed by atoms with Gasteiger partial charge in [-0.1, -0.05) is 18.7 Å². The van der Waals surface area contributed by atoms with E-state index < -0.39 is 0 Å². The fourth-order valence-corrected chi connectivity index (χ4v) is 4.26.